The second-order valence-electron chi connectivity index (χ2n) is 6.47. The van der Waals surface area contributed by atoms with Gasteiger partial charge in [-0.15, -0.1) is 0 Å². The van der Waals surface area contributed by atoms with E-state index in [0.717, 1.165) is 12.7 Å². The Bertz CT molecular complexity index is 1040. The Labute approximate surface area is 286 Å². The van der Waals surface area contributed by atoms with Gasteiger partial charge < -0.3 is 49.9 Å². The summed E-state index contributed by atoms with van der Waals surface area (Å²) >= 11 is 0. The minimum Gasteiger partial charge on any atom is -0.550 e. The maximum atomic E-state index is 11.2. The van der Waals surface area contributed by atoms with Crippen molar-refractivity contribution < 1.29 is 172 Å². The summed E-state index contributed by atoms with van der Waals surface area (Å²) in [5.74, 6) is -3.52. The number of aromatic nitrogens is 4. The van der Waals surface area contributed by atoms with Gasteiger partial charge in [-0.25, -0.2) is 19.5 Å². The van der Waals surface area contributed by atoms with Gasteiger partial charge in [-0.3, -0.25) is 9.09 Å². The number of phosphoric acid groups is 1. The Morgan fingerprint density at radius 2 is 1.77 bits per heavy atom. The van der Waals surface area contributed by atoms with Crippen LogP contribution >= 0.6 is 7.82 Å². The monoisotopic (exact) mass is 553 g/mol. The van der Waals surface area contributed by atoms with Gasteiger partial charge in [-0.2, -0.15) is 0 Å². The van der Waals surface area contributed by atoms with Crippen LogP contribution in [0, 0.1) is 0 Å². The zero-order valence-corrected chi connectivity index (χ0v) is 28.2. The van der Waals surface area contributed by atoms with Crippen molar-refractivity contribution in [2.45, 2.75) is 37.0 Å². The molecule has 2 aromatic heterocycles. The van der Waals surface area contributed by atoms with Crippen molar-refractivity contribution >= 4 is 36.7 Å². The summed E-state index contributed by atoms with van der Waals surface area (Å²) in [7, 11) is -4.84. The second kappa shape index (κ2) is 16.4. The number of carboxylic acid groups (broad SMARTS) is 2. The molecule has 3 rings (SSSR count). The molecule has 35 heavy (non-hydrogen) atoms. The molecule has 1 aliphatic rings. The van der Waals surface area contributed by atoms with Crippen LogP contribution in [0.4, 0.5) is 5.82 Å². The number of carbonyl (C=O) groups is 2. The summed E-state index contributed by atoms with van der Waals surface area (Å²) in [4.78, 5) is 51.2. The maximum Gasteiger partial charge on any atom is 1.00 e. The molecule has 21 heteroatoms. The number of phosphoric ester groups is 1. The molecule has 0 unspecified atom stereocenters. The second-order valence-corrected chi connectivity index (χ2v) is 7.71. The number of anilines is 1. The zero-order valence-electron chi connectivity index (χ0n) is 19.3. The number of fused-ring (bicyclic) bond motifs is 1. The largest absolute Gasteiger partial charge is 1.00 e. The maximum absolute atomic E-state index is 11.2. The Morgan fingerprint density at radius 1 is 1.14 bits per heavy atom. The van der Waals surface area contributed by atoms with Crippen molar-refractivity contribution in [1.29, 1.82) is 0 Å². The first kappa shape index (κ1) is 38.4. The Morgan fingerprint density at radius 3 is 2.31 bits per heavy atom. The van der Waals surface area contributed by atoms with Crippen molar-refractivity contribution in [3.05, 3.63) is 12.7 Å². The molecular formula is C14H16N5Na4O11P+2. The molecule has 0 radical (unpaired) electrons. The van der Waals surface area contributed by atoms with Gasteiger partial charge in [0.2, 0.25) is 0 Å². The van der Waals surface area contributed by atoms with Crippen LogP contribution in [0.1, 0.15) is 12.6 Å². The van der Waals surface area contributed by atoms with E-state index >= 15 is 0 Å². The molecule has 5 atom stereocenters. The topological polar surface area (TPSA) is 252 Å². The molecular weight excluding hydrogens is 537 g/mol. The average Bonchev–Trinajstić information content (AvgIpc) is 3.21. The van der Waals surface area contributed by atoms with Gasteiger partial charge in [0.1, 0.15) is 24.6 Å². The first-order valence-electron chi connectivity index (χ1n) is 8.54. The zero-order chi connectivity index (χ0) is 22.9. The molecule has 16 nitrogen and oxygen atoms in total. The molecule has 5 N–H and O–H groups in total. The Balaban J connectivity index is 0. The van der Waals surface area contributed by atoms with Crippen molar-refractivity contribution in [3.63, 3.8) is 0 Å². The SMILES string of the molecule is O=C([O-])C[C@H](Nc1ncnc2c1ncn2[C@@H]1O[C@H](COP(=O)(O)O)[C@@H](O)[C@H]1O)C(=O)[O-].[Na+].[Na+].[Na+].[Na+]. The summed E-state index contributed by atoms with van der Waals surface area (Å²) in [6.07, 6.45) is -4.51. The fourth-order valence-electron chi connectivity index (χ4n) is 2.94. The third-order valence-corrected chi connectivity index (χ3v) is 4.83. The first-order chi connectivity index (χ1) is 14.5. The average molecular weight is 553 g/mol. The number of hydrogen-bond acceptors (Lipinski definition) is 13. The van der Waals surface area contributed by atoms with E-state index in [0.29, 0.717) is 0 Å². The van der Waals surface area contributed by atoms with Crippen molar-refractivity contribution in [2.75, 3.05) is 11.9 Å². The molecule has 0 bridgehead atoms. The van der Waals surface area contributed by atoms with Crippen molar-refractivity contribution in [1.82, 2.24) is 19.5 Å². The van der Waals surface area contributed by atoms with E-state index in [4.69, 9.17) is 14.5 Å². The minimum atomic E-state index is -4.84. The Hall–Kier alpha value is 1.28. The van der Waals surface area contributed by atoms with Gasteiger partial charge in [0.25, 0.3) is 0 Å². The molecule has 3 heterocycles. The molecule has 170 valence electrons. The Kier molecular flexibility index (Phi) is 18.0. The van der Waals surface area contributed by atoms with E-state index in [-0.39, 0.29) is 135 Å². The molecule has 1 aliphatic heterocycles. The van der Waals surface area contributed by atoms with Gasteiger partial charge in [-0.05, 0) is 0 Å². The smallest absolute Gasteiger partial charge is 0.550 e. The number of aliphatic hydroxyl groups is 2. The van der Waals surface area contributed by atoms with Crippen LogP contribution < -0.4 is 134 Å². The molecule has 0 spiro atoms. The molecule has 0 aliphatic carbocycles. The van der Waals surface area contributed by atoms with Crippen LogP contribution in [-0.4, -0.2) is 82.4 Å². The van der Waals surface area contributed by atoms with E-state index in [2.05, 4.69) is 24.8 Å². The number of nitrogens with one attached hydrogen (secondary N) is 1. The van der Waals surface area contributed by atoms with Gasteiger partial charge in [-0.1, -0.05) is 0 Å². The van der Waals surface area contributed by atoms with Gasteiger partial charge in [0.05, 0.1) is 24.9 Å². The van der Waals surface area contributed by atoms with E-state index in [1.54, 1.807) is 0 Å². The van der Waals surface area contributed by atoms with Crippen LogP contribution in [0.5, 0.6) is 0 Å². The molecule has 0 amide bonds. The third-order valence-electron chi connectivity index (χ3n) is 4.34. The third kappa shape index (κ3) is 10.1. The minimum absolute atomic E-state index is 0. The molecule has 1 saturated heterocycles. The number of rotatable bonds is 9. The number of hydrogen-bond donors (Lipinski definition) is 5. The summed E-state index contributed by atoms with van der Waals surface area (Å²) in [6.45, 7) is -0.718. The molecule has 2 aromatic rings. The number of aliphatic hydroxyl groups excluding tert-OH is 2. The normalized spacial score (nSPS) is 22.1. The fourth-order valence-corrected chi connectivity index (χ4v) is 3.28. The fraction of sp³-hybridized carbons (Fsp3) is 0.500. The quantitative estimate of drug-likeness (QED) is 0.143. The summed E-state index contributed by atoms with van der Waals surface area (Å²) in [5, 5.41) is 44.6. The van der Waals surface area contributed by atoms with Gasteiger partial charge in [0.15, 0.2) is 23.2 Å². The van der Waals surface area contributed by atoms with E-state index in [9.17, 15) is 34.6 Å². The van der Waals surface area contributed by atoms with Crippen LogP contribution in [0.15, 0.2) is 12.7 Å². The number of ether oxygens (including phenoxy) is 1. The van der Waals surface area contributed by atoms with E-state index < -0.39 is 63.4 Å². The van der Waals surface area contributed by atoms with Crippen molar-refractivity contribution in [3.8, 4) is 0 Å². The summed E-state index contributed by atoms with van der Waals surface area (Å²) in [6, 6.07) is -1.68. The number of imidazole rings is 1. The predicted octanol–water partition coefficient (Wildman–Crippen LogP) is -16.8. The van der Waals surface area contributed by atoms with Gasteiger partial charge >= 0.3 is 126 Å². The molecule has 0 aromatic carbocycles. The summed E-state index contributed by atoms with van der Waals surface area (Å²) < 4.78 is 21.7. The number of carbonyl (C=O) groups excluding carboxylic acids is 2. The standard InChI is InChI=1S/C14H18N5O11P.4Na/c20-7(21)1-5(14(24)25)18-11-8-12(16-3-15-11)19(4-17-8)13-10(23)9(22)6(30-13)2-29-31(26,27)28;;;;/h3-6,9-10,13,22-23H,1-2H2,(H,20,21)(H,24,25)(H,15,16,18)(H2,26,27,28);;;;/q;4*+1/p-2/t5-,6+,9+,10+,13+;;;;/m0..../s1. The molecule has 0 saturated carbocycles. The van der Waals surface area contributed by atoms with E-state index in [1.165, 1.54) is 4.57 Å². The van der Waals surface area contributed by atoms with Crippen LogP contribution in [0.25, 0.3) is 11.2 Å². The van der Waals surface area contributed by atoms with Crippen LogP contribution in [0.2, 0.25) is 0 Å². The predicted molar refractivity (Wildman–Crippen MR) is 91.3 cm³/mol. The van der Waals surface area contributed by atoms with Crippen LogP contribution in [0.3, 0.4) is 0 Å². The number of carboxylic acids is 2. The van der Waals surface area contributed by atoms with Crippen LogP contribution in [-0.2, 0) is 23.4 Å². The number of aliphatic carboxylic acids is 2. The molecule has 1 fully saturated rings. The van der Waals surface area contributed by atoms with Crippen molar-refractivity contribution in [2.24, 2.45) is 0 Å². The first-order valence-corrected chi connectivity index (χ1v) is 10.1. The van der Waals surface area contributed by atoms with E-state index in [1.807, 2.05) is 0 Å². The van der Waals surface area contributed by atoms with Gasteiger partial charge in [0, 0.05) is 12.4 Å². The summed E-state index contributed by atoms with van der Waals surface area (Å²) in [5.41, 5.74) is -0.0110. The number of nitrogens with zero attached hydrogens (tertiary/aromatic N) is 4.